The Bertz CT molecular complexity index is 389. The van der Waals surface area contributed by atoms with Crippen molar-refractivity contribution in [2.75, 3.05) is 0 Å². The van der Waals surface area contributed by atoms with Crippen molar-refractivity contribution in [3.8, 4) is 5.88 Å². The van der Waals surface area contributed by atoms with E-state index in [1.54, 1.807) is 6.07 Å². The Morgan fingerprint density at radius 3 is 2.58 bits per heavy atom. The first kappa shape index (κ1) is 9.78. The van der Waals surface area contributed by atoms with E-state index < -0.39 is 0 Å². The quantitative estimate of drug-likeness (QED) is 0.632. The first-order valence-electron chi connectivity index (χ1n) is 3.41. The van der Waals surface area contributed by atoms with Crippen molar-refractivity contribution in [3.05, 3.63) is 36.4 Å². The van der Waals surface area contributed by atoms with Crippen LogP contribution in [0.2, 0.25) is 0 Å². The van der Waals surface area contributed by atoms with Crippen LogP contribution in [0, 0.1) is 0 Å². The predicted molar refractivity (Wildman–Crippen MR) is 49.2 cm³/mol. The molecule has 0 saturated carbocycles. The monoisotopic (exact) mass is 185 g/mol. The summed E-state index contributed by atoms with van der Waals surface area (Å²) in [5.41, 5.74) is 0.826. The maximum Gasteiger partial charge on any atom is 0.211 e. The molecule has 3 heteroatoms. The molecule has 2 nitrogen and oxygen atoms in total. The zero-order chi connectivity index (χ0) is 7.68. The standard InChI is InChI=1S/C9H7NO.Ca/c11-9-6-5-7-3-1-2-4-8(7)10-9;/h1-6H,(H,10,11);. The number of para-hydroxylation sites is 1. The summed E-state index contributed by atoms with van der Waals surface area (Å²) in [5.74, 6) is 0.0729. The van der Waals surface area contributed by atoms with E-state index in [0.29, 0.717) is 0 Å². The molecule has 1 aromatic heterocycles. The Balaban J connectivity index is 0.000000720. The molecular formula is C9H7CaNO. The fraction of sp³-hybridized carbons (Fsp3) is 0. The Morgan fingerprint density at radius 2 is 1.75 bits per heavy atom. The van der Waals surface area contributed by atoms with Crippen molar-refractivity contribution in [1.82, 2.24) is 4.98 Å². The summed E-state index contributed by atoms with van der Waals surface area (Å²) in [7, 11) is 0. The van der Waals surface area contributed by atoms with Crippen LogP contribution in [0.1, 0.15) is 0 Å². The van der Waals surface area contributed by atoms with E-state index in [4.69, 9.17) is 5.11 Å². The molecule has 12 heavy (non-hydrogen) atoms. The van der Waals surface area contributed by atoms with Gasteiger partial charge in [-0.25, -0.2) is 4.98 Å². The summed E-state index contributed by atoms with van der Waals surface area (Å²) in [4.78, 5) is 3.93. The average molecular weight is 185 g/mol. The topological polar surface area (TPSA) is 33.1 Å². The van der Waals surface area contributed by atoms with Crippen molar-refractivity contribution in [2.45, 2.75) is 0 Å². The molecule has 1 N–H and O–H groups in total. The van der Waals surface area contributed by atoms with Gasteiger partial charge in [0.05, 0.1) is 5.52 Å². The molecular weight excluding hydrogens is 178 g/mol. The molecule has 56 valence electrons. The van der Waals surface area contributed by atoms with Gasteiger partial charge in [0.2, 0.25) is 5.88 Å². The first-order valence-corrected chi connectivity index (χ1v) is 3.41. The zero-order valence-electron chi connectivity index (χ0n) is 6.57. The van der Waals surface area contributed by atoms with Crippen molar-refractivity contribution in [3.63, 3.8) is 0 Å². The van der Waals surface area contributed by atoms with Gasteiger partial charge >= 0.3 is 0 Å². The number of hydrogen-bond acceptors (Lipinski definition) is 2. The minimum atomic E-state index is 0. The SMILES string of the molecule is Oc1ccc2ccccc2n1.[Ca]. The second kappa shape index (κ2) is 4.08. The molecule has 2 aromatic rings. The summed E-state index contributed by atoms with van der Waals surface area (Å²) in [5, 5.41) is 10.1. The molecule has 1 heterocycles. The van der Waals surface area contributed by atoms with Crippen molar-refractivity contribution in [2.24, 2.45) is 0 Å². The van der Waals surface area contributed by atoms with E-state index in [2.05, 4.69) is 4.98 Å². The van der Waals surface area contributed by atoms with Crippen LogP contribution in [0.3, 0.4) is 0 Å². The van der Waals surface area contributed by atoms with E-state index in [9.17, 15) is 0 Å². The Hall–Kier alpha value is -0.310. The molecule has 0 bridgehead atoms. The van der Waals surface area contributed by atoms with Gasteiger partial charge in [0.15, 0.2) is 0 Å². The number of rotatable bonds is 0. The Labute approximate surface area is 100 Å². The van der Waals surface area contributed by atoms with Gasteiger partial charge < -0.3 is 5.11 Å². The molecule has 0 amide bonds. The van der Waals surface area contributed by atoms with E-state index in [1.807, 2.05) is 30.3 Å². The number of pyridine rings is 1. The summed E-state index contributed by atoms with van der Waals surface area (Å²) in [6.45, 7) is 0. The zero-order valence-corrected chi connectivity index (χ0v) is 8.77. The van der Waals surface area contributed by atoms with Crippen LogP contribution in [-0.4, -0.2) is 47.8 Å². The summed E-state index contributed by atoms with van der Waals surface area (Å²) >= 11 is 0. The molecule has 0 spiro atoms. The molecule has 0 aliphatic heterocycles. The number of benzene rings is 1. The van der Waals surface area contributed by atoms with E-state index >= 15 is 0 Å². The van der Waals surface area contributed by atoms with E-state index in [-0.39, 0.29) is 43.6 Å². The fourth-order valence-corrected chi connectivity index (χ4v) is 1.06. The van der Waals surface area contributed by atoms with Gasteiger partial charge in [0.1, 0.15) is 0 Å². The maximum atomic E-state index is 9.02. The van der Waals surface area contributed by atoms with Crippen molar-refractivity contribution < 1.29 is 5.11 Å². The molecule has 1 aromatic carbocycles. The normalized spacial score (nSPS) is 9.33. The maximum absolute atomic E-state index is 9.02. The van der Waals surface area contributed by atoms with Gasteiger partial charge in [0.25, 0.3) is 0 Å². The summed E-state index contributed by atoms with van der Waals surface area (Å²) in [6.07, 6.45) is 0. The smallest absolute Gasteiger partial charge is 0.211 e. The number of fused-ring (bicyclic) bond motifs is 1. The van der Waals surface area contributed by atoms with Gasteiger partial charge in [-0.2, -0.15) is 0 Å². The van der Waals surface area contributed by atoms with E-state index in [0.717, 1.165) is 10.9 Å². The van der Waals surface area contributed by atoms with Gasteiger partial charge in [0, 0.05) is 49.2 Å². The van der Waals surface area contributed by atoms with Gasteiger partial charge in [-0.3, -0.25) is 0 Å². The van der Waals surface area contributed by atoms with Crippen LogP contribution in [0.4, 0.5) is 0 Å². The second-order valence-corrected chi connectivity index (χ2v) is 2.36. The third-order valence-corrected chi connectivity index (χ3v) is 1.58. The first-order chi connectivity index (χ1) is 5.36. The number of nitrogens with zero attached hydrogens (tertiary/aromatic N) is 1. The van der Waals surface area contributed by atoms with Crippen LogP contribution >= 0.6 is 0 Å². The van der Waals surface area contributed by atoms with Gasteiger partial charge in [-0.05, 0) is 12.1 Å². The Kier molecular flexibility index (Phi) is 3.32. The largest absolute Gasteiger partial charge is 0.493 e. The number of hydrogen-bond donors (Lipinski definition) is 1. The van der Waals surface area contributed by atoms with Crippen molar-refractivity contribution in [1.29, 1.82) is 0 Å². The minimum absolute atomic E-state index is 0. The molecule has 0 unspecified atom stereocenters. The van der Waals surface area contributed by atoms with Crippen LogP contribution in [0.5, 0.6) is 5.88 Å². The van der Waals surface area contributed by atoms with Crippen LogP contribution in [-0.2, 0) is 0 Å². The van der Waals surface area contributed by atoms with Crippen LogP contribution in [0.25, 0.3) is 10.9 Å². The number of aromatic nitrogens is 1. The number of aromatic hydroxyl groups is 1. The van der Waals surface area contributed by atoms with Crippen LogP contribution < -0.4 is 0 Å². The van der Waals surface area contributed by atoms with Gasteiger partial charge in [-0.1, -0.05) is 18.2 Å². The van der Waals surface area contributed by atoms with Crippen LogP contribution in [0.15, 0.2) is 36.4 Å². The third kappa shape index (κ3) is 1.89. The van der Waals surface area contributed by atoms with E-state index in [1.165, 1.54) is 0 Å². The Morgan fingerprint density at radius 1 is 1.00 bits per heavy atom. The molecule has 0 aliphatic rings. The molecule has 2 rings (SSSR count). The minimum Gasteiger partial charge on any atom is -0.493 e. The summed E-state index contributed by atoms with van der Waals surface area (Å²) in [6, 6.07) is 11.1. The van der Waals surface area contributed by atoms with Gasteiger partial charge in [-0.15, -0.1) is 0 Å². The molecule has 2 radical (unpaired) electrons. The molecule has 0 aliphatic carbocycles. The van der Waals surface area contributed by atoms with Crippen molar-refractivity contribution >= 4 is 48.6 Å². The molecule has 0 atom stereocenters. The average Bonchev–Trinajstić information content (AvgIpc) is 2.04. The third-order valence-electron chi connectivity index (χ3n) is 1.58. The molecule has 0 fully saturated rings. The molecule has 0 saturated heterocycles. The second-order valence-electron chi connectivity index (χ2n) is 2.36. The fourth-order valence-electron chi connectivity index (χ4n) is 1.06. The predicted octanol–water partition coefficient (Wildman–Crippen LogP) is 1.56. The summed E-state index contributed by atoms with van der Waals surface area (Å²) < 4.78 is 0.